The summed E-state index contributed by atoms with van der Waals surface area (Å²) in [5.74, 6) is -1.18. The number of carbonyl (C=O) groups is 2. The summed E-state index contributed by atoms with van der Waals surface area (Å²) >= 11 is 0. The lowest BCUT2D eigenvalue weighted by molar-refractivity contribution is -0.128. The summed E-state index contributed by atoms with van der Waals surface area (Å²) in [7, 11) is -2.02. The quantitative estimate of drug-likeness (QED) is 0.194. The first-order chi connectivity index (χ1) is 21.6. The van der Waals surface area contributed by atoms with E-state index >= 15 is 0 Å². The molecule has 0 bridgehead atoms. The molecule has 6 rings (SSSR count). The van der Waals surface area contributed by atoms with Gasteiger partial charge in [-0.1, -0.05) is 105 Å². The van der Waals surface area contributed by atoms with E-state index in [0.29, 0.717) is 12.0 Å². The number of benzene rings is 4. The molecular weight excluding hydrogens is 584 g/mol. The van der Waals surface area contributed by atoms with Crippen LogP contribution in [-0.2, 0) is 21.9 Å². The summed E-state index contributed by atoms with van der Waals surface area (Å²) in [5, 5.41) is 0.975. The van der Waals surface area contributed by atoms with Crippen LogP contribution in [0.25, 0.3) is 22.2 Å². The number of rotatable bonds is 9. The summed E-state index contributed by atoms with van der Waals surface area (Å²) in [6, 6.07) is 30.1. The molecule has 9 heteroatoms. The predicted octanol–water partition coefficient (Wildman–Crippen LogP) is 6.12. The molecule has 3 unspecified atom stereocenters. The minimum Gasteiger partial charge on any atom is -0.343 e. The largest absolute Gasteiger partial charge is 0.343 e. The van der Waals surface area contributed by atoms with Crippen molar-refractivity contribution in [2.45, 2.75) is 44.2 Å². The van der Waals surface area contributed by atoms with Crippen LogP contribution in [0.4, 0.5) is 0 Å². The average Bonchev–Trinajstić information content (AvgIpc) is 3.51. The van der Waals surface area contributed by atoms with Crippen LogP contribution in [0.5, 0.6) is 0 Å². The van der Waals surface area contributed by atoms with Gasteiger partial charge in [-0.15, -0.1) is 4.83 Å². The van der Waals surface area contributed by atoms with Crippen LogP contribution in [0.1, 0.15) is 53.4 Å². The number of hydrazine groups is 1. The Morgan fingerprint density at radius 3 is 2.24 bits per heavy atom. The van der Waals surface area contributed by atoms with E-state index in [-0.39, 0.29) is 16.7 Å². The minimum atomic E-state index is -4.04. The third-order valence-electron chi connectivity index (χ3n) is 8.86. The highest BCUT2D eigenvalue weighted by Gasteiger charge is 2.47. The van der Waals surface area contributed by atoms with Gasteiger partial charge in [0.05, 0.1) is 16.6 Å². The Hall–Kier alpha value is -4.73. The van der Waals surface area contributed by atoms with Gasteiger partial charge in [-0.3, -0.25) is 15.0 Å². The summed E-state index contributed by atoms with van der Waals surface area (Å²) in [4.78, 5) is 32.4. The van der Waals surface area contributed by atoms with E-state index in [1.54, 1.807) is 29.2 Å². The lowest BCUT2D eigenvalue weighted by Gasteiger charge is -2.36. The Balaban J connectivity index is 1.52. The summed E-state index contributed by atoms with van der Waals surface area (Å²) in [6.45, 7) is 5.91. The molecule has 0 saturated heterocycles. The molecule has 2 amide bonds. The number of aromatic nitrogens is 1. The van der Waals surface area contributed by atoms with Gasteiger partial charge >= 0.3 is 0 Å². The van der Waals surface area contributed by atoms with Crippen LogP contribution in [-0.4, -0.2) is 35.7 Å². The van der Waals surface area contributed by atoms with Crippen molar-refractivity contribution >= 4 is 32.7 Å². The van der Waals surface area contributed by atoms with Gasteiger partial charge in [0.25, 0.3) is 21.8 Å². The summed E-state index contributed by atoms with van der Waals surface area (Å²) in [6.07, 6.45) is 0.580. The highest BCUT2D eigenvalue weighted by molar-refractivity contribution is 7.89. The fourth-order valence-electron chi connectivity index (χ4n) is 6.41. The number of sulfonamides is 1. The first-order valence-electron chi connectivity index (χ1n) is 15.1. The zero-order chi connectivity index (χ0) is 31.9. The maximum atomic E-state index is 14.4. The van der Waals surface area contributed by atoms with Gasteiger partial charge in [0.15, 0.2) is 0 Å². The second-order valence-corrected chi connectivity index (χ2v) is 13.3. The van der Waals surface area contributed by atoms with Gasteiger partial charge in [-0.25, -0.2) is 8.42 Å². The van der Waals surface area contributed by atoms with Gasteiger partial charge in [0.1, 0.15) is 6.04 Å². The second-order valence-electron chi connectivity index (χ2n) is 11.6. The number of nitrogens with one attached hydrogen (secondary N) is 2. The van der Waals surface area contributed by atoms with E-state index in [2.05, 4.69) is 51.2 Å². The van der Waals surface area contributed by atoms with Crippen LogP contribution < -0.4 is 10.3 Å². The smallest absolute Gasteiger partial charge is 0.258 e. The van der Waals surface area contributed by atoms with Gasteiger partial charge in [-0.05, 0) is 48.2 Å². The second kappa shape index (κ2) is 12.0. The molecule has 2 N–H and O–H groups in total. The molecule has 8 nitrogen and oxygen atoms in total. The monoisotopic (exact) mass is 620 g/mol. The van der Waals surface area contributed by atoms with Crippen molar-refractivity contribution in [1.82, 2.24) is 19.7 Å². The van der Waals surface area contributed by atoms with Crippen LogP contribution >= 0.6 is 0 Å². The number of amides is 2. The topological polar surface area (TPSA) is 101 Å². The molecule has 1 aliphatic rings. The predicted molar refractivity (Wildman–Crippen MR) is 176 cm³/mol. The van der Waals surface area contributed by atoms with Crippen LogP contribution in [0, 0.1) is 12.8 Å². The molecule has 0 fully saturated rings. The Morgan fingerprint density at radius 1 is 0.889 bits per heavy atom. The van der Waals surface area contributed by atoms with Crippen molar-refractivity contribution in [2.24, 2.45) is 13.0 Å². The fourth-order valence-corrected chi connectivity index (χ4v) is 7.28. The number of nitrogens with zero attached hydrogens (tertiary/aromatic N) is 2. The molecular formula is C36H36N4O4S. The molecule has 1 aromatic heterocycles. The Kier molecular flexibility index (Phi) is 8.07. The van der Waals surface area contributed by atoms with Crippen molar-refractivity contribution in [3.8, 4) is 11.3 Å². The average molecular weight is 621 g/mol. The van der Waals surface area contributed by atoms with Crippen molar-refractivity contribution in [3.63, 3.8) is 0 Å². The molecule has 3 atom stereocenters. The zero-order valence-corrected chi connectivity index (χ0v) is 26.5. The van der Waals surface area contributed by atoms with E-state index in [0.717, 1.165) is 38.9 Å². The minimum absolute atomic E-state index is 0.0198. The third-order valence-corrected chi connectivity index (χ3v) is 10.1. The van der Waals surface area contributed by atoms with Gasteiger partial charge in [0, 0.05) is 29.1 Å². The number of aryl methyl sites for hydroxylation is 2. The van der Waals surface area contributed by atoms with Crippen LogP contribution in [0.2, 0.25) is 0 Å². The molecule has 1 aliphatic heterocycles. The fraction of sp³-hybridized carbons (Fsp3) is 0.222. The van der Waals surface area contributed by atoms with Crippen molar-refractivity contribution < 1.29 is 18.0 Å². The van der Waals surface area contributed by atoms with E-state index in [1.165, 1.54) is 12.1 Å². The molecule has 4 aromatic carbocycles. The van der Waals surface area contributed by atoms with E-state index < -0.39 is 28.0 Å². The zero-order valence-electron chi connectivity index (χ0n) is 25.7. The molecule has 230 valence electrons. The molecule has 0 radical (unpaired) electrons. The number of fused-ring (bicyclic) bond motifs is 2. The highest BCUT2D eigenvalue weighted by atomic mass is 32.2. The van der Waals surface area contributed by atoms with Crippen molar-refractivity contribution in [1.29, 1.82) is 0 Å². The molecule has 0 aliphatic carbocycles. The lowest BCUT2D eigenvalue weighted by Crippen LogP contribution is -2.55. The maximum absolute atomic E-state index is 14.4. The first kappa shape index (κ1) is 30.3. The van der Waals surface area contributed by atoms with Gasteiger partial charge < -0.3 is 9.47 Å². The van der Waals surface area contributed by atoms with Crippen LogP contribution in [0.15, 0.2) is 108 Å². The number of hydrogen-bond donors (Lipinski definition) is 2. The number of para-hydroxylation sites is 1. The SMILES string of the molecule is CCC(C)C(C(=O)NNS(=O)(=O)c1ccccc1)N1C(=O)c2ccccc2C1c1c(-c2ccc(C)cc2)n(C)c2ccccc12. The van der Waals surface area contributed by atoms with E-state index in [4.69, 9.17) is 0 Å². The van der Waals surface area contributed by atoms with Crippen molar-refractivity contribution in [3.05, 3.63) is 125 Å². The van der Waals surface area contributed by atoms with Gasteiger partial charge in [0.2, 0.25) is 0 Å². The maximum Gasteiger partial charge on any atom is 0.258 e. The molecule has 45 heavy (non-hydrogen) atoms. The van der Waals surface area contributed by atoms with Crippen LogP contribution in [0.3, 0.4) is 0 Å². The van der Waals surface area contributed by atoms with E-state index in [1.807, 2.05) is 58.2 Å². The van der Waals surface area contributed by atoms with Crippen molar-refractivity contribution in [2.75, 3.05) is 0 Å². The molecule has 5 aromatic rings. The first-order valence-corrected chi connectivity index (χ1v) is 16.5. The summed E-state index contributed by atoms with van der Waals surface area (Å²) < 4.78 is 28.2. The summed E-state index contributed by atoms with van der Waals surface area (Å²) in [5.41, 5.74) is 8.77. The molecule has 2 heterocycles. The normalized spacial score (nSPS) is 16.0. The molecule has 0 saturated carbocycles. The number of hydrogen-bond acceptors (Lipinski definition) is 4. The lowest BCUT2D eigenvalue weighted by atomic mass is 9.90. The van der Waals surface area contributed by atoms with E-state index in [9.17, 15) is 18.0 Å². The standard InChI is InChI=1S/C36H36N4O4S/c1-5-24(3)32(35(41)37-38-45(43,44)26-13-7-6-8-14-26)40-34(27-15-9-10-16-28(27)36(40)42)31-29-17-11-12-18-30(29)39(4)33(31)25-21-19-23(2)20-22-25/h6-22,24,32,34,38H,5H2,1-4H3,(H,37,41). The highest BCUT2D eigenvalue weighted by Crippen LogP contribution is 2.48. The Labute approximate surface area is 263 Å². The third kappa shape index (κ3) is 5.32. The number of carbonyl (C=O) groups excluding carboxylic acids is 2. The van der Waals surface area contributed by atoms with Gasteiger partial charge in [-0.2, -0.15) is 0 Å². The Morgan fingerprint density at radius 2 is 1.53 bits per heavy atom. The Bertz CT molecular complexity index is 2000. The molecule has 0 spiro atoms.